The monoisotopic (exact) mass is 232 g/mol. The van der Waals surface area contributed by atoms with Gasteiger partial charge in [0.2, 0.25) is 0 Å². The van der Waals surface area contributed by atoms with Crippen LogP contribution in [0.25, 0.3) is 0 Å². The molecule has 0 heterocycles. The van der Waals surface area contributed by atoms with Crippen molar-refractivity contribution in [2.75, 3.05) is 6.61 Å². The van der Waals surface area contributed by atoms with Crippen LogP contribution in [0.15, 0.2) is 18.2 Å². The van der Waals surface area contributed by atoms with Crippen LogP contribution in [0.5, 0.6) is 5.75 Å². The van der Waals surface area contributed by atoms with E-state index in [2.05, 4.69) is 4.74 Å². The fraction of sp³-hybridized carbons (Fsp3) is 0.500. The molecule has 0 saturated carbocycles. The SMILES string of the molecule is CC(C)(C)c1ccc(OCC(F)F)c(F)c1. The third-order valence-electron chi connectivity index (χ3n) is 2.16. The quantitative estimate of drug-likeness (QED) is 0.770. The molecule has 0 aliphatic carbocycles. The van der Waals surface area contributed by atoms with Crippen LogP contribution in [0.1, 0.15) is 26.3 Å². The normalized spacial score (nSPS) is 11.9. The molecule has 0 N–H and O–H groups in total. The third-order valence-corrected chi connectivity index (χ3v) is 2.16. The van der Waals surface area contributed by atoms with E-state index in [1.165, 1.54) is 12.1 Å². The van der Waals surface area contributed by atoms with Crippen molar-refractivity contribution < 1.29 is 17.9 Å². The average Bonchev–Trinajstić information content (AvgIpc) is 2.14. The Bertz CT molecular complexity index is 356. The van der Waals surface area contributed by atoms with Gasteiger partial charge >= 0.3 is 0 Å². The summed E-state index contributed by atoms with van der Waals surface area (Å²) in [5, 5.41) is 0. The summed E-state index contributed by atoms with van der Waals surface area (Å²) in [5.41, 5.74) is 0.622. The fourth-order valence-corrected chi connectivity index (χ4v) is 1.24. The molecule has 0 aliphatic heterocycles. The lowest BCUT2D eigenvalue weighted by Crippen LogP contribution is -2.12. The molecule has 0 fully saturated rings. The lowest BCUT2D eigenvalue weighted by Gasteiger charge is -2.19. The van der Waals surface area contributed by atoms with Gasteiger partial charge in [-0.1, -0.05) is 26.8 Å². The van der Waals surface area contributed by atoms with E-state index in [0.717, 1.165) is 5.56 Å². The zero-order valence-corrected chi connectivity index (χ0v) is 9.56. The van der Waals surface area contributed by atoms with Gasteiger partial charge in [0.15, 0.2) is 11.6 Å². The van der Waals surface area contributed by atoms with Gasteiger partial charge in [-0.2, -0.15) is 0 Å². The van der Waals surface area contributed by atoms with E-state index in [-0.39, 0.29) is 11.2 Å². The number of alkyl halides is 2. The van der Waals surface area contributed by atoms with E-state index in [4.69, 9.17) is 0 Å². The predicted molar refractivity (Wildman–Crippen MR) is 56.6 cm³/mol. The first-order chi connectivity index (χ1) is 7.30. The van der Waals surface area contributed by atoms with E-state index >= 15 is 0 Å². The lowest BCUT2D eigenvalue weighted by molar-refractivity contribution is 0.0799. The first kappa shape index (κ1) is 12.9. The van der Waals surface area contributed by atoms with Gasteiger partial charge in [0.05, 0.1) is 0 Å². The van der Waals surface area contributed by atoms with Crippen LogP contribution in [0, 0.1) is 5.82 Å². The van der Waals surface area contributed by atoms with Gasteiger partial charge in [0.1, 0.15) is 6.61 Å². The zero-order chi connectivity index (χ0) is 12.3. The predicted octanol–water partition coefficient (Wildman–Crippen LogP) is 3.77. The van der Waals surface area contributed by atoms with Crippen molar-refractivity contribution in [3.8, 4) is 5.75 Å². The van der Waals surface area contributed by atoms with Crippen LogP contribution >= 0.6 is 0 Å². The number of halogens is 3. The highest BCUT2D eigenvalue weighted by atomic mass is 19.3. The second-order valence-electron chi connectivity index (χ2n) is 4.60. The van der Waals surface area contributed by atoms with Crippen LogP contribution in [-0.4, -0.2) is 13.0 Å². The van der Waals surface area contributed by atoms with E-state index in [1.807, 2.05) is 20.8 Å². The van der Waals surface area contributed by atoms with Crippen molar-refractivity contribution in [2.24, 2.45) is 0 Å². The Balaban J connectivity index is 2.84. The molecule has 1 aromatic carbocycles. The summed E-state index contributed by atoms with van der Waals surface area (Å²) in [6.07, 6.45) is -2.60. The van der Waals surface area contributed by atoms with Gasteiger partial charge in [0.25, 0.3) is 6.43 Å². The highest BCUT2D eigenvalue weighted by molar-refractivity contribution is 5.32. The van der Waals surface area contributed by atoms with Gasteiger partial charge in [-0.25, -0.2) is 13.2 Å². The standard InChI is InChI=1S/C12H15F3O/c1-12(2,3)8-4-5-10(9(13)6-8)16-7-11(14)15/h4-6,11H,7H2,1-3H3. The van der Waals surface area contributed by atoms with Crippen LogP contribution in [0.3, 0.4) is 0 Å². The Kier molecular flexibility index (Phi) is 3.83. The summed E-state index contributed by atoms with van der Waals surface area (Å²) in [6, 6.07) is 4.39. The minimum Gasteiger partial charge on any atom is -0.485 e. The van der Waals surface area contributed by atoms with Gasteiger partial charge in [-0.3, -0.25) is 0 Å². The van der Waals surface area contributed by atoms with Gasteiger partial charge in [-0.05, 0) is 23.1 Å². The van der Waals surface area contributed by atoms with Gasteiger partial charge in [-0.15, -0.1) is 0 Å². The van der Waals surface area contributed by atoms with Crippen molar-refractivity contribution in [3.63, 3.8) is 0 Å². The maximum Gasteiger partial charge on any atom is 0.272 e. The maximum absolute atomic E-state index is 13.5. The Labute approximate surface area is 93.2 Å². The molecule has 0 aromatic heterocycles. The van der Waals surface area contributed by atoms with E-state index in [1.54, 1.807) is 6.07 Å². The fourth-order valence-electron chi connectivity index (χ4n) is 1.24. The van der Waals surface area contributed by atoms with Gasteiger partial charge in [0, 0.05) is 0 Å². The minimum absolute atomic E-state index is 0.131. The summed E-state index contributed by atoms with van der Waals surface area (Å²) in [4.78, 5) is 0. The Morgan fingerprint density at radius 1 is 1.25 bits per heavy atom. The number of benzene rings is 1. The summed E-state index contributed by atoms with van der Waals surface area (Å²) >= 11 is 0. The molecule has 0 saturated heterocycles. The number of hydrogen-bond donors (Lipinski definition) is 0. The van der Waals surface area contributed by atoms with Crippen molar-refractivity contribution in [3.05, 3.63) is 29.6 Å². The number of rotatable bonds is 3. The molecule has 0 spiro atoms. The van der Waals surface area contributed by atoms with E-state index in [0.29, 0.717) is 0 Å². The summed E-state index contributed by atoms with van der Waals surface area (Å²) in [6.45, 7) is 5.05. The molecule has 1 rings (SSSR count). The second-order valence-corrected chi connectivity index (χ2v) is 4.60. The van der Waals surface area contributed by atoms with Crippen molar-refractivity contribution in [1.29, 1.82) is 0 Å². The largest absolute Gasteiger partial charge is 0.485 e. The van der Waals surface area contributed by atoms with E-state index < -0.39 is 18.8 Å². The highest BCUT2D eigenvalue weighted by Crippen LogP contribution is 2.27. The molecular formula is C12H15F3O. The molecular weight excluding hydrogens is 217 g/mol. The average molecular weight is 232 g/mol. The van der Waals surface area contributed by atoms with Crippen LogP contribution in [0.4, 0.5) is 13.2 Å². The van der Waals surface area contributed by atoms with Crippen molar-refractivity contribution >= 4 is 0 Å². The molecule has 0 radical (unpaired) electrons. The molecule has 4 heteroatoms. The second kappa shape index (κ2) is 4.76. The van der Waals surface area contributed by atoms with Crippen LogP contribution in [0.2, 0.25) is 0 Å². The maximum atomic E-state index is 13.5. The Hall–Kier alpha value is -1.19. The highest BCUT2D eigenvalue weighted by Gasteiger charge is 2.16. The van der Waals surface area contributed by atoms with Crippen LogP contribution < -0.4 is 4.74 Å². The van der Waals surface area contributed by atoms with Gasteiger partial charge < -0.3 is 4.74 Å². The zero-order valence-electron chi connectivity index (χ0n) is 9.56. The Morgan fingerprint density at radius 2 is 1.88 bits per heavy atom. The molecule has 1 nitrogen and oxygen atoms in total. The smallest absolute Gasteiger partial charge is 0.272 e. The van der Waals surface area contributed by atoms with Crippen LogP contribution in [-0.2, 0) is 5.41 Å². The molecule has 0 unspecified atom stereocenters. The first-order valence-corrected chi connectivity index (χ1v) is 5.01. The molecule has 90 valence electrons. The summed E-state index contributed by atoms with van der Waals surface area (Å²) in [5.74, 6) is -0.735. The lowest BCUT2D eigenvalue weighted by atomic mass is 9.87. The molecule has 0 amide bonds. The number of hydrogen-bond acceptors (Lipinski definition) is 1. The van der Waals surface area contributed by atoms with Crippen molar-refractivity contribution in [1.82, 2.24) is 0 Å². The number of ether oxygens (including phenoxy) is 1. The minimum atomic E-state index is -2.60. The molecule has 16 heavy (non-hydrogen) atoms. The van der Waals surface area contributed by atoms with Crippen molar-refractivity contribution in [2.45, 2.75) is 32.6 Å². The van der Waals surface area contributed by atoms with E-state index in [9.17, 15) is 13.2 Å². The summed E-state index contributed by atoms with van der Waals surface area (Å²) in [7, 11) is 0. The first-order valence-electron chi connectivity index (χ1n) is 5.01. The molecule has 0 aliphatic rings. The Morgan fingerprint density at radius 3 is 2.31 bits per heavy atom. The molecule has 0 atom stereocenters. The molecule has 0 bridgehead atoms. The summed E-state index contributed by atoms with van der Waals surface area (Å²) < 4.78 is 41.8. The third kappa shape index (κ3) is 3.43. The molecule has 1 aromatic rings. The topological polar surface area (TPSA) is 9.23 Å².